The molecule has 8 aromatic rings. The zero-order valence-electron chi connectivity index (χ0n) is 28.2. The van der Waals surface area contributed by atoms with Crippen LogP contribution in [0, 0.1) is 0 Å². The van der Waals surface area contributed by atoms with Crippen LogP contribution in [0.1, 0.15) is 36.1 Å². The highest BCUT2D eigenvalue weighted by molar-refractivity contribution is 6.08. The van der Waals surface area contributed by atoms with Crippen LogP contribution in [0.3, 0.4) is 0 Å². The average molecular weight is 658 g/mol. The molecular formula is C48H35NO2. The number of furan rings is 2. The van der Waals surface area contributed by atoms with Crippen LogP contribution in [0.5, 0.6) is 0 Å². The molecule has 3 nitrogen and oxygen atoms in total. The molecule has 0 atom stereocenters. The highest BCUT2D eigenvalue weighted by Gasteiger charge is 2.22. The lowest BCUT2D eigenvalue weighted by molar-refractivity contribution is 0.547. The molecule has 2 aliphatic rings. The highest BCUT2D eigenvalue weighted by Crippen LogP contribution is 2.42. The third kappa shape index (κ3) is 5.13. The van der Waals surface area contributed by atoms with Gasteiger partial charge in [0.1, 0.15) is 22.5 Å². The van der Waals surface area contributed by atoms with E-state index in [1.807, 2.05) is 6.07 Å². The molecule has 0 saturated heterocycles. The first kappa shape index (κ1) is 29.6. The van der Waals surface area contributed by atoms with Crippen molar-refractivity contribution in [2.24, 2.45) is 0 Å². The Hall–Kier alpha value is -6.32. The third-order valence-electron chi connectivity index (χ3n) is 10.5. The van der Waals surface area contributed by atoms with Crippen molar-refractivity contribution in [2.45, 2.75) is 25.7 Å². The predicted molar refractivity (Wildman–Crippen MR) is 212 cm³/mol. The van der Waals surface area contributed by atoms with Gasteiger partial charge in [-0.2, -0.15) is 0 Å². The molecule has 0 saturated carbocycles. The molecule has 0 spiro atoms. The van der Waals surface area contributed by atoms with E-state index in [9.17, 15) is 0 Å². The second kappa shape index (κ2) is 12.2. The van der Waals surface area contributed by atoms with Gasteiger partial charge in [0.2, 0.25) is 0 Å². The minimum Gasteiger partial charge on any atom is -0.460 e. The molecular weight excluding hydrogens is 623 g/mol. The van der Waals surface area contributed by atoms with Crippen molar-refractivity contribution < 1.29 is 8.83 Å². The fourth-order valence-corrected chi connectivity index (χ4v) is 7.94. The van der Waals surface area contributed by atoms with Crippen LogP contribution in [-0.2, 0) is 6.42 Å². The Morgan fingerprint density at radius 2 is 1.14 bits per heavy atom. The van der Waals surface area contributed by atoms with Crippen molar-refractivity contribution in [2.75, 3.05) is 4.90 Å². The van der Waals surface area contributed by atoms with Gasteiger partial charge < -0.3 is 13.7 Å². The Kier molecular flexibility index (Phi) is 7.09. The monoisotopic (exact) mass is 657 g/mol. The van der Waals surface area contributed by atoms with E-state index in [4.69, 9.17) is 8.83 Å². The predicted octanol–water partition coefficient (Wildman–Crippen LogP) is 13.5. The number of nitrogens with zero attached hydrogens (tertiary/aromatic N) is 1. The summed E-state index contributed by atoms with van der Waals surface area (Å²) >= 11 is 0. The average Bonchev–Trinajstić information content (AvgIpc) is 3.78. The Labute approximate surface area is 297 Å². The molecule has 0 radical (unpaired) electrons. The maximum Gasteiger partial charge on any atom is 0.142 e. The number of allylic oxidation sites excluding steroid dienone is 5. The standard InChI is InChI=1S/C48H35NO2/c1-2-10-32(11-3-1)33-20-26-36(27-21-33)49(37-28-22-34(23-29-37)39-14-8-16-43-41-12-4-6-18-45(41)50-47(39)43)38-30-24-35(25-31-38)40-15-9-17-44-42-13-5-7-19-46(42)51-48(40)44/h1-6,8-18,20-22,24-28,30-31H,7,19,23,29H2. The summed E-state index contributed by atoms with van der Waals surface area (Å²) in [5.74, 6) is 1.09. The lowest BCUT2D eigenvalue weighted by atomic mass is 9.93. The molecule has 244 valence electrons. The Bertz CT molecular complexity index is 2670. The fourth-order valence-electron chi connectivity index (χ4n) is 7.94. The molecule has 3 heteroatoms. The largest absolute Gasteiger partial charge is 0.460 e. The summed E-state index contributed by atoms with van der Waals surface area (Å²) < 4.78 is 12.9. The SMILES string of the molecule is C1=Cc2c(oc3c(-c4ccc(N(C5=CC=C(c6cccc7c6oc6ccccc67)CC5)c5ccc(-c6ccccc6)cc5)cc4)cccc23)CC1. The van der Waals surface area contributed by atoms with Crippen molar-refractivity contribution in [3.05, 3.63) is 180 Å². The summed E-state index contributed by atoms with van der Waals surface area (Å²) in [5, 5.41) is 3.52. The lowest BCUT2D eigenvalue weighted by Gasteiger charge is -2.30. The van der Waals surface area contributed by atoms with Crippen LogP contribution in [-0.4, -0.2) is 0 Å². The topological polar surface area (TPSA) is 29.5 Å². The Morgan fingerprint density at radius 3 is 1.92 bits per heavy atom. The van der Waals surface area contributed by atoms with E-state index in [1.54, 1.807) is 0 Å². The van der Waals surface area contributed by atoms with Crippen molar-refractivity contribution in [1.82, 2.24) is 0 Å². The van der Waals surface area contributed by atoms with Gasteiger partial charge in [0.25, 0.3) is 0 Å². The van der Waals surface area contributed by atoms with Gasteiger partial charge in [-0.25, -0.2) is 0 Å². The van der Waals surface area contributed by atoms with Crippen molar-refractivity contribution in [3.63, 3.8) is 0 Å². The number of hydrogen-bond donors (Lipinski definition) is 0. The van der Waals surface area contributed by atoms with E-state index >= 15 is 0 Å². The summed E-state index contributed by atoms with van der Waals surface area (Å²) in [6.07, 6.45) is 12.8. The van der Waals surface area contributed by atoms with E-state index in [0.717, 1.165) is 76.1 Å². The van der Waals surface area contributed by atoms with Gasteiger partial charge in [-0.1, -0.05) is 127 Å². The Morgan fingerprint density at radius 1 is 0.471 bits per heavy atom. The molecule has 10 rings (SSSR count). The molecule has 2 aliphatic carbocycles. The van der Waals surface area contributed by atoms with Crippen LogP contribution in [0.2, 0.25) is 0 Å². The van der Waals surface area contributed by atoms with Gasteiger partial charge in [0.05, 0.1) is 0 Å². The first-order valence-electron chi connectivity index (χ1n) is 17.9. The number of benzene rings is 6. The molecule has 2 heterocycles. The van der Waals surface area contributed by atoms with Crippen LogP contribution < -0.4 is 4.90 Å². The number of aryl methyl sites for hydroxylation is 1. The van der Waals surface area contributed by atoms with E-state index in [0.29, 0.717) is 0 Å². The van der Waals surface area contributed by atoms with Crippen LogP contribution in [0.25, 0.3) is 66.8 Å². The van der Waals surface area contributed by atoms with Gasteiger partial charge in [-0.05, 0) is 77.9 Å². The number of anilines is 2. The molecule has 2 aromatic heterocycles. The fraction of sp³-hybridized carbons (Fsp3) is 0.0833. The molecule has 6 aromatic carbocycles. The van der Waals surface area contributed by atoms with Gasteiger partial charge in [-0.15, -0.1) is 0 Å². The first-order chi connectivity index (χ1) is 25.3. The lowest BCUT2D eigenvalue weighted by Crippen LogP contribution is -2.17. The second-order valence-corrected chi connectivity index (χ2v) is 13.5. The van der Waals surface area contributed by atoms with E-state index < -0.39 is 0 Å². The zero-order chi connectivity index (χ0) is 33.7. The summed E-state index contributed by atoms with van der Waals surface area (Å²) in [7, 11) is 0. The molecule has 0 amide bonds. The van der Waals surface area contributed by atoms with Crippen molar-refractivity contribution >= 4 is 55.9 Å². The van der Waals surface area contributed by atoms with Gasteiger partial charge in [0, 0.05) is 56.3 Å². The summed E-state index contributed by atoms with van der Waals surface area (Å²) in [6.45, 7) is 0. The smallest absolute Gasteiger partial charge is 0.142 e. The third-order valence-corrected chi connectivity index (χ3v) is 10.5. The quantitative estimate of drug-likeness (QED) is 0.178. The molecule has 0 aliphatic heterocycles. The minimum absolute atomic E-state index is 0.898. The molecule has 0 N–H and O–H groups in total. The highest BCUT2D eigenvalue weighted by atomic mass is 16.3. The molecule has 0 fully saturated rings. The summed E-state index contributed by atoms with van der Waals surface area (Å²) in [4.78, 5) is 2.41. The number of para-hydroxylation sites is 3. The second-order valence-electron chi connectivity index (χ2n) is 13.5. The van der Waals surface area contributed by atoms with E-state index in [1.165, 1.54) is 44.3 Å². The van der Waals surface area contributed by atoms with E-state index in [2.05, 4.69) is 163 Å². The van der Waals surface area contributed by atoms with Crippen LogP contribution >= 0.6 is 0 Å². The normalized spacial score (nSPS) is 14.1. The molecule has 51 heavy (non-hydrogen) atoms. The first-order valence-corrected chi connectivity index (χ1v) is 17.9. The number of rotatable bonds is 6. The summed E-state index contributed by atoms with van der Waals surface area (Å²) in [5.41, 5.74) is 14.8. The minimum atomic E-state index is 0.898. The van der Waals surface area contributed by atoms with Gasteiger partial charge in [-0.3, -0.25) is 0 Å². The van der Waals surface area contributed by atoms with Gasteiger partial charge >= 0.3 is 0 Å². The van der Waals surface area contributed by atoms with Gasteiger partial charge in [0.15, 0.2) is 0 Å². The van der Waals surface area contributed by atoms with E-state index in [-0.39, 0.29) is 0 Å². The molecule has 0 bridgehead atoms. The maximum atomic E-state index is 6.47. The maximum absolute atomic E-state index is 6.47. The number of hydrogen-bond acceptors (Lipinski definition) is 3. The van der Waals surface area contributed by atoms with Crippen molar-refractivity contribution in [3.8, 4) is 22.3 Å². The summed E-state index contributed by atoms with van der Waals surface area (Å²) in [6, 6.07) is 49.8. The molecule has 0 unspecified atom stereocenters. The van der Waals surface area contributed by atoms with Crippen LogP contribution in [0.15, 0.2) is 172 Å². The van der Waals surface area contributed by atoms with Crippen molar-refractivity contribution in [1.29, 1.82) is 0 Å². The van der Waals surface area contributed by atoms with Crippen LogP contribution in [0.4, 0.5) is 11.4 Å². The Balaban J connectivity index is 1.04. The zero-order valence-corrected chi connectivity index (χ0v) is 28.2. The number of fused-ring (bicyclic) bond motifs is 6.